The quantitative estimate of drug-likeness (QED) is 0.751. The van der Waals surface area contributed by atoms with Crippen LogP contribution in [0, 0.1) is 17.1 Å². The first-order chi connectivity index (χ1) is 8.19. The van der Waals surface area contributed by atoms with Gasteiger partial charge in [0.15, 0.2) is 0 Å². The minimum atomic E-state index is -0.496. The van der Waals surface area contributed by atoms with Crippen molar-refractivity contribution in [2.45, 2.75) is 13.3 Å². The van der Waals surface area contributed by atoms with E-state index in [1.807, 2.05) is 6.07 Å². The minimum Gasteiger partial charge on any atom is -0.462 e. The van der Waals surface area contributed by atoms with E-state index in [1.54, 1.807) is 19.1 Å². The summed E-state index contributed by atoms with van der Waals surface area (Å²) in [4.78, 5) is 11.6. The topological polar surface area (TPSA) is 50.1 Å². The Kier molecular flexibility index (Phi) is 4.89. The first-order valence-corrected chi connectivity index (χ1v) is 5.19. The van der Waals surface area contributed by atoms with Gasteiger partial charge in [-0.25, -0.2) is 9.18 Å². The molecule has 3 nitrogen and oxygen atoms in total. The Morgan fingerprint density at radius 3 is 3.00 bits per heavy atom. The van der Waals surface area contributed by atoms with Gasteiger partial charge in [0.2, 0.25) is 0 Å². The van der Waals surface area contributed by atoms with Crippen molar-refractivity contribution < 1.29 is 13.9 Å². The number of carbonyl (C=O) groups is 1. The number of ether oxygens (including phenoxy) is 1. The maximum absolute atomic E-state index is 13.1. The molecular weight excluding hydrogens is 221 g/mol. The molecule has 0 unspecified atom stereocenters. The van der Waals surface area contributed by atoms with E-state index in [9.17, 15) is 9.18 Å². The minimum absolute atomic E-state index is 0.207. The Morgan fingerprint density at radius 2 is 2.35 bits per heavy atom. The van der Waals surface area contributed by atoms with Crippen molar-refractivity contribution in [3.63, 3.8) is 0 Å². The van der Waals surface area contributed by atoms with Crippen LogP contribution in [0.3, 0.4) is 0 Å². The van der Waals surface area contributed by atoms with Gasteiger partial charge in [-0.2, -0.15) is 5.26 Å². The van der Waals surface area contributed by atoms with Crippen molar-refractivity contribution in [3.05, 3.63) is 41.2 Å². The summed E-state index contributed by atoms with van der Waals surface area (Å²) in [5.74, 6) is -0.932. The van der Waals surface area contributed by atoms with E-state index in [0.29, 0.717) is 11.1 Å². The van der Waals surface area contributed by atoms with E-state index >= 15 is 0 Å². The number of esters is 1. The van der Waals surface area contributed by atoms with Crippen LogP contribution >= 0.6 is 0 Å². The molecule has 0 saturated carbocycles. The van der Waals surface area contributed by atoms with Crippen molar-refractivity contribution >= 4 is 12.0 Å². The Labute approximate surface area is 99.1 Å². The van der Waals surface area contributed by atoms with Gasteiger partial charge in [-0.05, 0) is 30.7 Å². The fraction of sp³-hybridized carbons (Fsp3) is 0.231. The predicted molar refractivity (Wildman–Crippen MR) is 61.6 cm³/mol. The summed E-state index contributed by atoms with van der Waals surface area (Å²) in [6.07, 6.45) is 3.31. The van der Waals surface area contributed by atoms with E-state index in [4.69, 9.17) is 10.00 Å². The van der Waals surface area contributed by atoms with Gasteiger partial charge in [-0.15, -0.1) is 0 Å². The third kappa shape index (κ3) is 3.72. The lowest BCUT2D eigenvalue weighted by Crippen LogP contribution is -2.06. The van der Waals surface area contributed by atoms with Crippen LogP contribution in [0.2, 0.25) is 0 Å². The standard InChI is InChI=1S/C13H12FNO2/c1-2-17-13(16)12-7-6-11(14)9-10(12)5-3-4-8-15/h3,5-7,9H,2,4H2,1H3. The van der Waals surface area contributed by atoms with E-state index in [2.05, 4.69) is 0 Å². The highest BCUT2D eigenvalue weighted by molar-refractivity contribution is 5.93. The fourth-order valence-electron chi connectivity index (χ4n) is 1.30. The van der Waals surface area contributed by atoms with Gasteiger partial charge in [0, 0.05) is 0 Å². The molecule has 0 aliphatic heterocycles. The zero-order chi connectivity index (χ0) is 12.7. The second kappa shape index (κ2) is 6.44. The molecule has 1 rings (SSSR count). The summed E-state index contributed by atoms with van der Waals surface area (Å²) in [5, 5.41) is 8.39. The number of carbonyl (C=O) groups excluding carboxylic acids is 1. The van der Waals surface area contributed by atoms with E-state index in [1.165, 1.54) is 18.2 Å². The van der Waals surface area contributed by atoms with E-state index in [-0.39, 0.29) is 13.0 Å². The maximum Gasteiger partial charge on any atom is 0.338 e. The molecule has 0 aliphatic rings. The number of nitrogens with zero attached hydrogens (tertiary/aromatic N) is 1. The highest BCUT2D eigenvalue weighted by atomic mass is 19.1. The van der Waals surface area contributed by atoms with Crippen LogP contribution in [0.5, 0.6) is 0 Å². The maximum atomic E-state index is 13.1. The lowest BCUT2D eigenvalue weighted by molar-refractivity contribution is 0.0526. The van der Waals surface area contributed by atoms with Crippen LogP contribution in [0.4, 0.5) is 4.39 Å². The second-order valence-corrected chi connectivity index (χ2v) is 3.22. The average Bonchev–Trinajstić information content (AvgIpc) is 2.30. The molecule has 88 valence electrons. The first-order valence-electron chi connectivity index (χ1n) is 5.19. The summed E-state index contributed by atoms with van der Waals surface area (Å²) < 4.78 is 17.9. The molecule has 0 radical (unpaired) electrons. The molecule has 0 bridgehead atoms. The van der Waals surface area contributed by atoms with Crippen molar-refractivity contribution in [2.75, 3.05) is 6.61 Å². The summed E-state index contributed by atoms with van der Waals surface area (Å²) in [6, 6.07) is 5.74. The molecule has 4 heteroatoms. The molecule has 0 aromatic heterocycles. The van der Waals surface area contributed by atoms with Crippen molar-refractivity contribution in [2.24, 2.45) is 0 Å². The monoisotopic (exact) mass is 233 g/mol. The van der Waals surface area contributed by atoms with Crippen LogP contribution in [0.25, 0.3) is 6.08 Å². The first kappa shape index (κ1) is 12.9. The summed E-state index contributed by atoms with van der Waals surface area (Å²) in [5.41, 5.74) is 0.709. The number of hydrogen-bond acceptors (Lipinski definition) is 3. The number of nitriles is 1. The summed E-state index contributed by atoms with van der Waals surface area (Å²) in [6.45, 7) is 1.96. The Morgan fingerprint density at radius 1 is 1.59 bits per heavy atom. The molecule has 17 heavy (non-hydrogen) atoms. The Hall–Kier alpha value is -2.15. The smallest absolute Gasteiger partial charge is 0.338 e. The third-order valence-electron chi connectivity index (χ3n) is 2.02. The van der Waals surface area contributed by atoms with Crippen molar-refractivity contribution in [1.82, 2.24) is 0 Å². The zero-order valence-corrected chi connectivity index (χ0v) is 9.44. The average molecular weight is 233 g/mol. The number of rotatable bonds is 4. The molecule has 0 atom stereocenters. The SMILES string of the molecule is CCOC(=O)c1ccc(F)cc1C=CCC#N. The fourth-order valence-corrected chi connectivity index (χ4v) is 1.30. The predicted octanol–water partition coefficient (Wildman–Crippen LogP) is 2.93. The van der Waals surface area contributed by atoms with E-state index in [0.717, 1.165) is 0 Å². The number of halogens is 1. The normalized spacial score (nSPS) is 10.2. The van der Waals surface area contributed by atoms with Gasteiger partial charge in [-0.3, -0.25) is 0 Å². The van der Waals surface area contributed by atoms with Crippen LogP contribution in [0.1, 0.15) is 29.3 Å². The lowest BCUT2D eigenvalue weighted by Gasteiger charge is -2.05. The van der Waals surface area contributed by atoms with Crippen LogP contribution in [0.15, 0.2) is 24.3 Å². The van der Waals surface area contributed by atoms with Crippen LogP contribution in [-0.4, -0.2) is 12.6 Å². The van der Waals surface area contributed by atoms with Gasteiger partial charge < -0.3 is 4.74 Å². The van der Waals surface area contributed by atoms with Crippen molar-refractivity contribution in [1.29, 1.82) is 5.26 Å². The Bertz CT molecular complexity index is 475. The third-order valence-corrected chi connectivity index (χ3v) is 2.02. The molecule has 1 aromatic rings. The van der Waals surface area contributed by atoms with Gasteiger partial charge in [0.05, 0.1) is 24.7 Å². The molecule has 0 amide bonds. The van der Waals surface area contributed by atoms with Crippen molar-refractivity contribution in [3.8, 4) is 6.07 Å². The highest BCUT2D eigenvalue weighted by Crippen LogP contribution is 2.15. The van der Waals surface area contributed by atoms with Gasteiger partial charge in [-0.1, -0.05) is 12.2 Å². The van der Waals surface area contributed by atoms with Crippen LogP contribution < -0.4 is 0 Å². The van der Waals surface area contributed by atoms with E-state index < -0.39 is 11.8 Å². The zero-order valence-electron chi connectivity index (χ0n) is 9.44. The summed E-state index contributed by atoms with van der Waals surface area (Å²) >= 11 is 0. The number of hydrogen-bond donors (Lipinski definition) is 0. The van der Waals surface area contributed by atoms with Gasteiger partial charge in [0.1, 0.15) is 5.82 Å². The second-order valence-electron chi connectivity index (χ2n) is 3.22. The lowest BCUT2D eigenvalue weighted by atomic mass is 10.1. The molecule has 0 spiro atoms. The van der Waals surface area contributed by atoms with Gasteiger partial charge in [0.25, 0.3) is 0 Å². The largest absolute Gasteiger partial charge is 0.462 e. The molecule has 0 saturated heterocycles. The molecule has 0 N–H and O–H groups in total. The number of allylic oxidation sites excluding steroid dienone is 1. The molecular formula is C13H12FNO2. The Balaban J connectivity index is 3.04. The summed E-state index contributed by atoms with van der Waals surface area (Å²) in [7, 11) is 0. The highest BCUT2D eigenvalue weighted by Gasteiger charge is 2.11. The molecule has 0 fully saturated rings. The molecule has 0 aliphatic carbocycles. The van der Waals surface area contributed by atoms with Gasteiger partial charge >= 0.3 is 5.97 Å². The van der Waals surface area contributed by atoms with Crippen LogP contribution in [-0.2, 0) is 4.74 Å². The molecule has 0 heterocycles. The number of benzene rings is 1. The molecule has 1 aromatic carbocycles.